The van der Waals surface area contributed by atoms with Crippen molar-refractivity contribution < 1.29 is 17.6 Å². The first-order valence-electron chi connectivity index (χ1n) is 3.80. The number of nitrogen functional groups attached to an aromatic ring is 1. The second kappa shape index (κ2) is 3.86. The van der Waals surface area contributed by atoms with Gasteiger partial charge in [0.1, 0.15) is 6.04 Å². The lowest BCUT2D eigenvalue weighted by atomic mass is 10.1. The minimum atomic E-state index is -4.67. The SMILES string of the molecule is Nc1ccc([C@@H](N)C(F)(F)F)c(Cl)c1F. The van der Waals surface area contributed by atoms with E-state index in [4.69, 9.17) is 23.1 Å². The van der Waals surface area contributed by atoms with Crippen LogP contribution < -0.4 is 11.5 Å². The van der Waals surface area contributed by atoms with Crippen molar-refractivity contribution in [1.29, 1.82) is 0 Å². The predicted molar refractivity (Wildman–Crippen MR) is 48.8 cm³/mol. The van der Waals surface area contributed by atoms with E-state index in [1.54, 1.807) is 0 Å². The molecule has 7 heteroatoms. The molecule has 0 unspecified atom stereocenters. The zero-order valence-corrected chi connectivity index (χ0v) is 8.03. The van der Waals surface area contributed by atoms with Crippen molar-refractivity contribution in [2.45, 2.75) is 12.2 Å². The Kier molecular flexibility index (Phi) is 3.11. The summed E-state index contributed by atoms with van der Waals surface area (Å²) < 4.78 is 49.7. The van der Waals surface area contributed by atoms with Gasteiger partial charge in [-0.3, -0.25) is 0 Å². The van der Waals surface area contributed by atoms with E-state index in [1.807, 2.05) is 0 Å². The van der Waals surface area contributed by atoms with Gasteiger partial charge in [-0.25, -0.2) is 4.39 Å². The summed E-state index contributed by atoms with van der Waals surface area (Å²) in [5.74, 6) is -1.09. The Morgan fingerprint density at radius 3 is 2.27 bits per heavy atom. The molecule has 0 amide bonds. The van der Waals surface area contributed by atoms with E-state index in [2.05, 4.69) is 0 Å². The second-order valence-electron chi connectivity index (χ2n) is 2.89. The number of benzene rings is 1. The molecule has 0 fully saturated rings. The number of hydrogen-bond donors (Lipinski definition) is 2. The average Bonchev–Trinajstić information content (AvgIpc) is 2.12. The molecule has 0 aliphatic carbocycles. The van der Waals surface area contributed by atoms with Gasteiger partial charge < -0.3 is 11.5 Å². The molecule has 0 saturated heterocycles. The zero-order valence-electron chi connectivity index (χ0n) is 7.28. The first kappa shape index (κ1) is 12.1. The lowest BCUT2D eigenvalue weighted by Crippen LogP contribution is -2.28. The van der Waals surface area contributed by atoms with Gasteiger partial charge in [-0.2, -0.15) is 13.2 Å². The number of nitrogens with two attached hydrogens (primary N) is 2. The molecular formula is C8H7ClF4N2. The standard InChI is InChI=1S/C8H7ClF4N2/c9-5-3(7(15)8(11,12)13)1-2-4(14)6(5)10/h1-2,7H,14-15H2/t7-/m1/s1. The van der Waals surface area contributed by atoms with Crippen LogP contribution in [0.1, 0.15) is 11.6 Å². The van der Waals surface area contributed by atoms with E-state index in [1.165, 1.54) is 0 Å². The van der Waals surface area contributed by atoms with Gasteiger partial charge in [-0.15, -0.1) is 0 Å². The summed E-state index contributed by atoms with van der Waals surface area (Å²) in [5.41, 5.74) is 9.14. The summed E-state index contributed by atoms with van der Waals surface area (Å²) in [6.45, 7) is 0. The second-order valence-corrected chi connectivity index (χ2v) is 3.27. The molecule has 0 bridgehead atoms. The molecule has 2 nitrogen and oxygen atoms in total. The number of alkyl halides is 3. The molecular weight excluding hydrogens is 236 g/mol. The van der Waals surface area contributed by atoms with Crippen molar-refractivity contribution in [1.82, 2.24) is 0 Å². The van der Waals surface area contributed by atoms with Gasteiger partial charge in [0.2, 0.25) is 0 Å². The molecule has 0 spiro atoms. The summed E-state index contributed by atoms with van der Waals surface area (Å²) in [5, 5.41) is -0.695. The van der Waals surface area contributed by atoms with E-state index >= 15 is 0 Å². The van der Waals surface area contributed by atoms with Crippen molar-refractivity contribution in [3.8, 4) is 0 Å². The maximum atomic E-state index is 13.1. The van der Waals surface area contributed by atoms with Gasteiger partial charge in [-0.05, 0) is 11.6 Å². The third-order valence-electron chi connectivity index (χ3n) is 1.83. The Morgan fingerprint density at radius 1 is 1.27 bits per heavy atom. The summed E-state index contributed by atoms with van der Waals surface area (Å²) >= 11 is 5.36. The fourth-order valence-corrected chi connectivity index (χ4v) is 1.29. The molecule has 15 heavy (non-hydrogen) atoms. The highest BCUT2D eigenvalue weighted by Gasteiger charge is 2.39. The van der Waals surface area contributed by atoms with E-state index in [-0.39, 0.29) is 5.69 Å². The molecule has 1 aromatic carbocycles. The van der Waals surface area contributed by atoms with Gasteiger partial charge in [0.05, 0.1) is 10.7 Å². The molecule has 1 rings (SSSR count). The Balaban J connectivity index is 3.23. The summed E-state index contributed by atoms with van der Waals surface area (Å²) in [7, 11) is 0. The minimum absolute atomic E-state index is 0.321. The number of halogens is 5. The maximum Gasteiger partial charge on any atom is 0.407 e. The summed E-state index contributed by atoms with van der Waals surface area (Å²) in [6.07, 6.45) is -4.67. The fourth-order valence-electron chi connectivity index (χ4n) is 0.996. The molecule has 0 aliphatic heterocycles. The van der Waals surface area contributed by atoms with Crippen LogP contribution in [0.4, 0.5) is 23.2 Å². The van der Waals surface area contributed by atoms with Crippen molar-refractivity contribution in [3.05, 3.63) is 28.5 Å². The van der Waals surface area contributed by atoms with Crippen LogP contribution in [-0.4, -0.2) is 6.18 Å². The monoisotopic (exact) mass is 242 g/mol. The Morgan fingerprint density at radius 2 is 1.80 bits per heavy atom. The average molecular weight is 243 g/mol. The van der Waals surface area contributed by atoms with Crippen LogP contribution in [0.15, 0.2) is 12.1 Å². The van der Waals surface area contributed by atoms with E-state index in [0.717, 1.165) is 12.1 Å². The lowest BCUT2D eigenvalue weighted by molar-refractivity contribution is -0.149. The Labute approximate surface area is 87.8 Å². The number of anilines is 1. The van der Waals surface area contributed by atoms with Crippen LogP contribution >= 0.6 is 11.6 Å². The Bertz CT molecular complexity index is 378. The molecule has 0 radical (unpaired) electrons. The minimum Gasteiger partial charge on any atom is -0.396 e. The van der Waals surface area contributed by atoms with Crippen LogP contribution in [0, 0.1) is 5.82 Å². The molecule has 1 aromatic rings. The summed E-state index contributed by atoms with van der Waals surface area (Å²) in [4.78, 5) is 0. The molecule has 4 N–H and O–H groups in total. The van der Waals surface area contributed by atoms with Crippen LogP contribution in [0.5, 0.6) is 0 Å². The molecule has 1 atom stereocenters. The van der Waals surface area contributed by atoms with E-state index in [0.29, 0.717) is 0 Å². The first-order chi connectivity index (χ1) is 6.75. The van der Waals surface area contributed by atoms with Crippen LogP contribution in [0.2, 0.25) is 5.02 Å². The molecule has 84 valence electrons. The predicted octanol–water partition coefficient (Wildman–Crippen LogP) is 2.62. The van der Waals surface area contributed by atoms with Gasteiger partial charge in [0.25, 0.3) is 0 Å². The third-order valence-corrected chi connectivity index (χ3v) is 2.21. The van der Waals surface area contributed by atoms with Crippen molar-refractivity contribution >= 4 is 17.3 Å². The topological polar surface area (TPSA) is 52.0 Å². The highest BCUT2D eigenvalue weighted by atomic mass is 35.5. The Hall–Kier alpha value is -1.01. The quantitative estimate of drug-likeness (QED) is 0.588. The zero-order chi connectivity index (χ0) is 11.8. The van der Waals surface area contributed by atoms with Crippen LogP contribution in [0.25, 0.3) is 0 Å². The highest BCUT2D eigenvalue weighted by Crippen LogP contribution is 2.36. The van der Waals surface area contributed by atoms with Crippen molar-refractivity contribution in [2.75, 3.05) is 5.73 Å². The third kappa shape index (κ3) is 2.32. The first-order valence-corrected chi connectivity index (χ1v) is 4.18. The lowest BCUT2D eigenvalue weighted by Gasteiger charge is -2.17. The van der Waals surface area contributed by atoms with Gasteiger partial charge in [-0.1, -0.05) is 17.7 Å². The van der Waals surface area contributed by atoms with Gasteiger partial charge in [0, 0.05) is 0 Å². The molecule has 0 aliphatic rings. The largest absolute Gasteiger partial charge is 0.407 e. The van der Waals surface area contributed by atoms with Gasteiger partial charge in [0.15, 0.2) is 5.82 Å². The fraction of sp³-hybridized carbons (Fsp3) is 0.250. The van der Waals surface area contributed by atoms with Gasteiger partial charge >= 0.3 is 6.18 Å². The molecule has 0 saturated carbocycles. The van der Waals surface area contributed by atoms with E-state index in [9.17, 15) is 17.6 Å². The summed E-state index contributed by atoms with van der Waals surface area (Å²) in [6, 6.07) is -0.374. The van der Waals surface area contributed by atoms with Crippen LogP contribution in [0.3, 0.4) is 0 Å². The number of hydrogen-bond acceptors (Lipinski definition) is 2. The van der Waals surface area contributed by atoms with Crippen molar-refractivity contribution in [2.24, 2.45) is 5.73 Å². The van der Waals surface area contributed by atoms with Crippen LogP contribution in [-0.2, 0) is 0 Å². The molecule has 0 aromatic heterocycles. The normalized spacial score (nSPS) is 14.0. The molecule has 0 heterocycles. The highest BCUT2D eigenvalue weighted by molar-refractivity contribution is 6.31. The van der Waals surface area contributed by atoms with E-state index < -0.39 is 28.6 Å². The van der Waals surface area contributed by atoms with Crippen molar-refractivity contribution in [3.63, 3.8) is 0 Å². The smallest absolute Gasteiger partial charge is 0.396 e. The number of rotatable bonds is 1. The maximum absolute atomic E-state index is 13.1.